The number of rotatable bonds is 14. The highest BCUT2D eigenvalue weighted by Gasteiger charge is 2.24. The Morgan fingerprint density at radius 2 is 0.373 bits per heavy atom. The van der Waals surface area contributed by atoms with Gasteiger partial charge in [-0.1, -0.05) is 184 Å². The van der Waals surface area contributed by atoms with Gasteiger partial charge in [0, 0.05) is 5.69 Å². The Hall–Kier alpha value is -5.66. The van der Waals surface area contributed by atoms with E-state index in [0.717, 1.165) is 16.8 Å². The summed E-state index contributed by atoms with van der Waals surface area (Å²) in [4.78, 5) is 0. The van der Waals surface area contributed by atoms with Gasteiger partial charge in [0.2, 0.25) is 0 Å². The van der Waals surface area contributed by atoms with E-state index in [0.29, 0.717) is 47.3 Å². The Kier molecular flexibility index (Phi) is 14.9. The van der Waals surface area contributed by atoms with E-state index in [1.807, 2.05) is 0 Å². The first kappa shape index (κ1) is 49.3. The van der Waals surface area contributed by atoms with Crippen LogP contribution in [0.3, 0.4) is 0 Å². The van der Waals surface area contributed by atoms with Crippen LogP contribution in [-0.4, -0.2) is 0 Å². The van der Waals surface area contributed by atoms with Gasteiger partial charge >= 0.3 is 0 Å². The molecule has 1 nitrogen and oxygen atoms in total. The fourth-order valence-corrected chi connectivity index (χ4v) is 10.7. The zero-order valence-electron chi connectivity index (χ0n) is 43.8. The van der Waals surface area contributed by atoms with E-state index in [-0.39, 0.29) is 0 Å². The van der Waals surface area contributed by atoms with Crippen molar-refractivity contribution in [3.05, 3.63) is 172 Å². The molecule has 0 unspecified atom stereocenters. The zero-order chi connectivity index (χ0) is 48.6. The van der Waals surface area contributed by atoms with Crippen molar-refractivity contribution in [2.24, 2.45) is 0 Å². The molecule has 2 N–H and O–H groups in total. The SMILES string of the molecule is CC(C)c1cccc(C(C)C)c1-c1cc(-c2cc(N)cc(-c3cc(-c4c(C(C)C)cccc4C(C)C)cc(-c4c(C(C)C)cccc4C(C)C)c3)c2)cc(-c2c(C(C)C)cccc2C(C)C)c1. The molecule has 7 aromatic carbocycles. The van der Waals surface area contributed by atoms with Gasteiger partial charge in [-0.3, -0.25) is 0 Å². The van der Waals surface area contributed by atoms with Crippen molar-refractivity contribution in [1.29, 1.82) is 0 Å². The van der Waals surface area contributed by atoms with Gasteiger partial charge < -0.3 is 5.73 Å². The van der Waals surface area contributed by atoms with Crippen LogP contribution in [0, 0.1) is 0 Å². The third kappa shape index (κ3) is 10.1. The van der Waals surface area contributed by atoms with Crippen LogP contribution in [0.1, 0.15) is 203 Å². The minimum Gasteiger partial charge on any atom is -0.399 e. The lowest BCUT2D eigenvalue weighted by atomic mass is 9.80. The second kappa shape index (κ2) is 20.3. The van der Waals surface area contributed by atoms with Crippen LogP contribution in [0.25, 0.3) is 66.8 Å². The van der Waals surface area contributed by atoms with Crippen LogP contribution in [0.5, 0.6) is 0 Å². The summed E-state index contributed by atoms with van der Waals surface area (Å²) in [5.41, 5.74) is 34.1. The van der Waals surface area contributed by atoms with Gasteiger partial charge in [-0.05, 0) is 213 Å². The van der Waals surface area contributed by atoms with Gasteiger partial charge in [0.05, 0.1) is 0 Å². The smallest absolute Gasteiger partial charge is 0.0326 e. The van der Waals surface area contributed by atoms with E-state index >= 15 is 0 Å². The maximum atomic E-state index is 7.14. The first-order valence-corrected chi connectivity index (χ1v) is 25.5. The molecule has 0 bridgehead atoms. The van der Waals surface area contributed by atoms with Crippen molar-refractivity contribution in [1.82, 2.24) is 0 Å². The number of hydrogen-bond donors (Lipinski definition) is 1. The van der Waals surface area contributed by atoms with Gasteiger partial charge in [-0.15, -0.1) is 0 Å². The van der Waals surface area contributed by atoms with Crippen LogP contribution in [0.2, 0.25) is 0 Å². The molecule has 0 aliphatic carbocycles. The largest absolute Gasteiger partial charge is 0.399 e. The van der Waals surface area contributed by atoms with E-state index in [2.05, 4.69) is 238 Å². The fourth-order valence-electron chi connectivity index (χ4n) is 10.7. The average Bonchev–Trinajstić information content (AvgIpc) is 3.29. The lowest BCUT2D eigenvalue weighted by molar-refractivity contribution is 0.836. The molecule has 0 aromatic heterocycles. The molecule has 0 fully saturated rings. The second-order valence-corrected chi connectivity index (χ2v) is 21.9. The molecule has 0 heterocycles. The van der Waals surface area contributed by atoms with Crippen LogP contribution in [0.4, 0.5) is 5.69 Å². The third-order valence-corrected chi connectivity index (χ3v) is 14.1. The van der Waals surface area contributed by atoms with E-state index in [9.17, 15) is 0 Å². The molecule has 1 heteroatoms. The first-order chi connectivity index (χ1) is 31.8. The summed E-state index contributed by atoms with van der Waals surface area (Å²) in [7, 11) is 0. The van der Waals surface area contributed by atoms with Crippen molar-refractivity contribution < 1.29 is 0 Å². The predicted octanol–water partition coefficient (Wildman–Crippen LogP) is 20.3. The molecular formula is C66H79N. The lowest BCUT2D eigenvalue weighted by Gasteiger charge is -2.24. The summed E-state index contributed by atoms with van der Waals surface area (Å²) < 4.78 is 0. The van der Waals surface area contributed by atoms with Crippen LogP contribution in [-0.2, 0) is 0 Å². The fraction of sp³-hybridized carbons (Fsp3) is 0.364. The Labute approximate surface area is 406 Å². The van der Waals surface area contributed by atoms with E-state index in [1.54, 1.807) is 0 Å². The quantitative estimate of drug-likeness (QED) is 0.108. The van der Waals surface area contributed by atoms with Gasteiger partial charge in [0.15, 0.2) is 0 Å². The molecule has 7 aromatic rings. The highest BCUT2D eigenvalue weighted by atomic mass is 14.5. The summed E-state index contributed by atoms with van der Waals surface area (Å²) >= 11 is 0. The molecule has 0 saturated carbocycles. The zero-order valence-corrected chi connectivity index (χ0v) is 43.8. The Morgan fingerprint density at radius 1 is 0.224 bits per heavy atom. The molecule has 0 radical (unpaired) electrons. The van der Waals surface area contributed by atoms with Crippen molar-refractivity contribution in [2.45, 2.75) is 158 Å². The first-order valence-electron chi connectivity index (χ1n) is 25.5. The van der Waals surface area contributed by atoms with Crippen LogP contribution >= 0.6 is 0 Å². The second-order valence-electron chi connectivity index (χ2n) is 21.9. The predicted molar refractivity (Wildman–Crippen MR) is 296 cm³/mol. The molecule has 0 spiro atoms. The molecule has 348 valence electrons. The number of nitrogen functional groups attached to an aromatic ring is 1. The summed E-state index contributed by atoms with van der Waals surface area (Å²) in [6.07, 6.45) is 0. The number of benzene rings is 7. The van der Waals surface area contributed by atoms with Crippen LogP contribution < -0.4 is 5.73 Å². The van der Waals surface area contributed by atoms with E-state index in [4.69, 9.17) is 5.73 Å². The minimum atomic E-state index is 0.365. The molecule has 0 aliphatic heterocycles. The number of hydrogen-bond acceptors (Lipinski definition) is 1. The topological polar surface area (TPSA) is 26.0 Å². The molecule has 67 heavy (non-hydrogen) atoms. The maximum absolute atomic E-state index is 7.14. The third-order valence-electron chi connectivity index (χ3n) is 14.1. The Balaban J connectivity index is 1.58. The summed E-state index contributed by atoms with van der Waals surface area (Å²) in [5, 5.41) is 0. The summed E-state index contributed by atoms with van der Waals surface area (Å²) in [6, 6.07) is 49.3. The number of anilines is 1. The Morgan fingerprint density at radius 3 is 0.552 bits per heavy atom. The van der Waals surface area contributed by atoms with Gasteiger partial charge in [0.1, 0.15) is 0 Å². The molecule has 0 aliphatic rings. The molecule has 0 saturated heterocycles. The van der Waals surface area contributed by atoms with Gasteiger partial charge in [0.25, 0.3) is 0 Å². The molecule has 0 atom stereocenters. The minimum absolute atomic E-state index is 0.365. The molecule has 7 rings (SSSR count). The summed E-state index contributed by atoms with van der Waals surface area (Å²) in [5.74, 6) is 2.92. The van der Waals surface area contributed by atoms with Crippen molar-refractivity contribution in [2.75, 3.05) is 5.73 Å². The van der Waals surface area contributed by atoms with Gasteiger partial charge in [-0.25, -0.2) is 0 Å². The van der Waals surface area contributed by atoms with Crippen molar-refractivity contribution >= 4 is 5.69 Å². The highest BCUT2D eigenvalue weighted by Crippen LogP contribution is 2.47. The van der Waals surface area contributed by atoms with Crippen molar-refractivity contribution in [3.63, 3.8) is 0 Å². The average molecular weight is 886 g/mol. The van der Waals surface area contributed by atoms with E-state index in [1.165, 1.54) is 100 Å². The van der Waals surface area contributed by atoms with Crippen molar-refractivity contribution in [3.8, 4) is 66.8 Å². The number of nitrogens with two attached hydrogens (primary N) is 1. The lowest BCUT2D eigenvalue weighted by Crippen LogP contribution is -2.03. The summed E-state index contributed by atoms with van der Waals surface area (Å²) in [6.45, 7) is 37.3. The van der Waals surface area contributed by atoms with E-state index < -0.39 is 0 Å². The van der Waals surface area contributed by atoms with Crippen LogP contribution in [0.15, 0.2) is 127 Å². The monoisotopic (exact) mass is 886 g/mol. The van der Waals surface area contributed by atoms with Gasteiger partial charge in [-0.2, -0.15) is 0 Å². The standard InChI is InChI=1S/C66H79N/c1-38(2)55-21-17-22-56(39(3)4)63(55)50-30-46(31-51(34-50)64-57(40(5)6)23-18-24-58(64)41(7)8)48-29-49(37-54(67)36-48)47-32-52(65-59(42(9)10)25-19-26-60(65)43(11)12)35-53(33-47)66-61(44(13)14)27-20-28-62(66)45(15)16/h17-45H,67H2,1-16H3. The molecular weight excluding hydrogens is 807 g/mol. The maximum Gasteiger partial charge on any atom is 0.0326 e. The highest BCUT2D eigenvalue weighted by molar-refractivity contribution is 5.90. The Bertz CT molecular complexity index is 2410. The molecule has 0 amide bonds. The normalized spacial score (nSPS) is 12.1.